The van der Waals surface area contributed by atoms with Crippen molar-refractivity contribution in [3.05, 3.63) is 40.2 Å². The van der Waals surface area contributed by atoms with E-state index in [1.807, 2.05) is 30.1 Å². The maximum Gasteiger partial charge on any atom is 0.231 e. The summed E-state index contributed by atoms with van der Waals surface area (Å²) in [7, 11) is 3.69. The summed E-state index contributed by atoms with van der Waals surface area (Å²) in [6.07, 6.45) is 1.56. The van der Waals surface area contributed by atoms with Crippen molar-refractivity contribution in [2.75, 3.05) is 20.9 Å². The smallest absolute Gasteiger partial charge is 0.231 e. The Morgan fingerprint density at radius 3 is 3.04 bits per heavy atom. The van der Waals surface area contributed by atoms with Crippen LogP contribution >= 0.6 is 15.9 Å². The molecule has 2 heterocycles. The molecule has 0 aliphatic carbocycles. The first-order valence-corrected chi connectivity index (χ1v) is 7.85. The van der Waals surface area contributed by atoms with E-state index in [-0.39, 0.29) is 6.79 Å². The van der Waals surface area contributed by atoms with E-state index in [0.717, 1.165) is 33.2 Å². The van der Waals surface area contributed by atoms with Crippen molar-refractivity contribution in [2.24, 2.45) is 4.99 Å². The molecule has 1 N–H and O–H groups in total. The zero-order valence-electron chi connectivity index (χ0n) is 12.9. The first-order valence-electron chi connectivity index (χ1n) is 7.06. The molecule has 0 amide bonds. The second-order valence-electron chi connectivity index (χ2n) is 5.06. The Labute approximate surface area is 142 Å². The number of ether oxygens (including phenoxy) is 2. The standard InChI is InChI=1S/C15H17BrN4O3/c1-17-15(20(2)8-11-3-4-23-19-11)18-7-10-5-12(16)14-13(6-10)21-9-22-14/h3-6H,7-9H2,1-2H3,(H,17,18). The monoisotopic (exact) mass is 380 g/mol. The van der Waals surface area contributed by atoms with Gasteiger partial charge in [-0.25, -0.2) is 0 Å². The minimum atomic E-state index is 0.257. The number of nitrogens with one attached hydrogen (secondary N) is 1. The van der Waals surface area contributed by atoms with E-state index >= 15 is 0 Å². The van der Waals surface area contributed by atoms with Crippen LogP contribution in [0.2, 0.25) is 0 Å². The highest BCUT2D eigenvalue weighted by Crippen LogP contribution is 2.39. The third kappa shape index (κ3) is 3.58. The molecule has 2 aromatic rings. The molecule has 122 valence electrons. The van der Waals surface area contributed by atoms with Gasteiger partial charge < -0.3 is 24.2 Å². The molecule has 0 atom stereocenters. The number of nitrogens with zero attached hydrogens (tertiary/aromatic N) is 3. The van der Waals surface area contributed by atoms with Gasteiger partial charge in [0.05, 0.1) is 11.0 Å². The molecule has 1 aliphatic rings. The first-order chi connectivity index (χ1) is 11.2. The molecule has 23 heavy (non-hydrogen) atoms. The lowest BCUT2D eigenvalue weighted by Gasteiger charge is -2.21. The van der Waals surface area contributed by atoms with Crippen LogP contribution in [-0.2, 0) is 13.1 Å². The fraction of sp³-hybridized carbons (Fsp3) is 0.333. The van der Waals surface area contributed by atoms with E-state index in [0.29, 0.717) is 13.1 Å². The lowest BCUT2D eigenvalue weighted by atomic mass is 10.2. The quantitative estimate of drug-likeness (QED) is 0.648. The molecule has 0 unspecified atom stereocenters. The normalized spacial score (nSPS) is 13.3. The highest BCUT2D eigenvalue weighted by molar-refractivity contribution is 9.10. The Kier molecular flexibility index (Phi) is 4.71. The zero-order chi connectivity index (χ0) is 16.2. The van der Waals surface area contributed by atoms with Crippen LogP contribution in [0.5, 0.6) is 11.5 Å². The number of aromatic nitrogens is 1. The molecular weight excluding hydrogens is 364 g/mol. The minimum absolute atomic E-state index is 0.257. The third-order valence-electron chi connectivity index (χ3n) is 3.40. The molecule has 0 saturated carbocycles. The topological polar surface area (TPSA) is 72.1 Å². The lowest BCUT2D eigenvalue weighted by Crippen LogP contribution is -2.38. The van der Waals surface area contributed by atoms with Gasteiger partial charge in [-0.3, -0.25) is 4.99 Å². The highest BCUT2D eigenvalue weighted by Gasteiger charge is 2.18. The van der Waals surface area contributed by atoms with Crippen molar-refractivity contribution in [1.29, 1.82) is 0 Å². The largest absolute Gasteiger partial charge is 0.454 e. The highest BCUT2D eigenvalue weighted by atomic mass is 79.9. The van der Waals surface area contributed by atoms with Crippen LogP contribution in [0.25, 0.3) is 0 Å². The molecule has 7 nitrogen and oxygen atoms in total. The van der Waals surface area contributed by atoms with E-state index in [4.69, 9.17) is 14.0 Å². The first kappa shape index (κ1) is 15.7. The predicted molar refractivity (Wildman–Crippen MR) is 88.4 cm³/mol. The van der Waals surface area contributed by atoms with Gasteiger partial charge in [0.25, 0.3) is 0 Å². The second kappa shape index (κ2) is 6.91. The van der Waals surface area contributed by atoms with E-state index in [2.05, 4.69) is 31.4 Å². The summed E-state index contributed by atoms with van der Waals surface area (Å²) in [4.78, 5) is 6.26. The molecule has 3 rings (SSSR count). The van der Waals surface area contributed by atoms with Gasteiger partial charge in [0.2, 0.25) is 6.79 Å². The average Bonchev–Trinajstić information content (AvgIpc) is 3.19. The molecule has 0 saturated heterocycles. The number of hydrogen-bond donors (Lipinski definition) is 1. The van der Waals surface area contributed by atoms with Crippen molar-refractivity contribution < 1.29 is 14.0 Å². The van der Waals surface area contributed by atoms with Crippen molar-refractivity contribution in [3.8, 4) is 11.5 Å². The van der Waals surface area contributed by atoms with Crippen molar-refractivity contribution in [1.82, 2.24) is 15.4 Å². The van der Waals surface area contributed by atoms with Crippen LogP contribution in [0.4, 0.5) is 0 Å². The summed E-state index contributed by atoms with van der Waals surface area (Å²) >= 11 is 3.50. The summed E-state index contributed by atoms with van der Waals surface area (Å²) in [5, 5.41) is 7.22. The van der Waals surface area contributed by atoms with E-state index in [1.165, 1.54) is 0 Å². The number of hydrogen-bond acceptors (Lipinski definition) is 5. The Morgan fingerprint density at radius 2 is 2.30 bits per heavy atom. The van der Waals surface area contributed by atoms with Crippen LogP contribution in [0.1, 0.15) is 11.3 Å². The number of guanidine groups is 1. The molecule has 0 bridgehead atoms. The molecule has 1 aliphatic heterocycles. The molecule has 1 aromatic carbocycles. The SMILES string of the molecule is CN=C(NCc1cc(Br)c2c(c1)OCO2)N(C)Cc1ccon1. The van der Waals surface area contributed by atoms with E-state index in [9.17, 15) is 0 Å². The Hall–Kier alpha value is -2.22. The van der Waals surface area contributed by atoms with E-state index in [1.54, 1.807) is 13.3 Å². The average molecular weight is 381 g/mol. The minimum Gasteiger partial charge on any atom is -0.454 e. The Morgan fingerprint density at radius 1 is 1.43 bits per heavy atom. The number of aliphatic imine (C=N–C) groups is 1. The maximum absolute atomic E-state index is 5.43. The van der Waals surface area contributed by atoms with Crippen molar-refractivity contribution in [2.45, 2.75) is 13.1 Å². The number of rotatable bonds is 4. The second-order valence-corrected chi connectivity index (χ2v) is 5.91. The number of halogens is 1. The van der Waals surface area contributed by atoms with Crippen LogP contribution < -0.4 is 14.8 Å². The third-order valence-corrected chi connectivity index (χ3v) is 3.99. The van der Waals surface area contributed by atoms with Crippen LogP contribution in [-0.4, -0.2) is 36.9 Å². The summed E-state index contributed by atoms with van der Waals surface area (Å²) < 4.78 is 16.6. The molecule has 8 heteroatoms. The van der Waals surface area contributed by atoms with E-state index < -0.39 is 0 Å². The molecule has 1 aromatic heterocycles. The van der Waals surface area contributed by atoms with Gasteiger partial charge in [-0.05, 0) is 33.6 Å². The van der Waals surface area contributed by atoms with Gasteiger partial charge in [0.15, 0.2) is 17.5 Å². The van der Waals surface area contributed by atoms with Crippen LogP contribution in [0.3, 0.4) is 0 Å². The maximum atomic E-state index is 5.43. The van der Waals surface area contributed by atoms with Crippen LogP contribution in [0, 0.1) is 0 Å². The van der Waals surface area contributed by atoms with Crippen molar-refractivity contribution >= 4 is 21.9 Å². The summed E-state index contributed by atoms with van der Waals surface area (Å²) in [5.41, 5.74) is 1.92. The van der Waals surface area contributed by atoms with Crippen molar-refractivity contribution in [3.63, 3.8) is 0 Å². The molecular formula is C15H17BrN4O3. The number of benzene rings is 1. The zero-order valence-corrected chi connectivity index (χ0v) is 14.5. The summed E-state index contributed by atoms with van der Waals surface area (Å²) in [6, 6.07) is 5.80. The van der Waals surface area contributed by atoms with Gasteiger partial charge in [0, 0.05) is 26.7 Å². The molecule has 0 fully saturated rings. The lowest BCUT2D eigenvalue weighted by molar-refractivity contribution is 0.173. The van der Waals surface area contributed by atoms with Gasteiger partial charge >= 0.3 is 0 Å². The fourth-order valence-electron chi connectivity index (χ4n) is 2.33. The van der Waals surface area contributed by atoms with Gasteiger partial charge in [0.1, 0.15) is 12.0 Å². The predicted octanol–water partition coefficient (Wildman–Crippen LogP) is 2.37. The summed E-state index contributed by atoms with van der Waals surface area (Å²) in [6.45, 7) is 1.49. The Balaban J connectivity index is 1.63. The van der Waals surface area contributed by atoms with Gasteiger partial charge in [-0.1, -0.05) is 5.16 Å². The number of fused-ring (bicyclic) bond motifs is 1. The summed E-state index contributed by atoms with van der Waals surface area (Å²) in [5.74, 6) is 2.27. The fourth-order valence-corrected chi connectivity index (χ4v) is 2.93. The van der Waals surface area contributed by atoms with Crippen LogP contribution in [0.15, 0.2) is 38.5 Å². The van der Waals surface area contributed by atoms with Gasteiger partial charge in [-0.15, -0.1) is 0 Å². The van der Waals surface area contributed by atoms with Gasteiger partial charge in [-0.2, -0.15) is 0 Å². The molecule has 0 spiro atoms. The molecule has 0 radical (unpaired) electrons. The Bertz CT molecular complexity index is 703.